The summed E-state index contributed by atoms with van der Waals surface area (Å²) in [6.07, 6.45) is 9.39. The van der Waals surface area contributed by atoms with E-state index in [2.05, 4.69) is 38.7 Å². The number of nitrogens with zero attached hydrogens (tertiary/aromatic N) is 4. The fourth-order valence-electron chi connectivity index (χ4n) is 4.53. The Hall–Kier alpha value is -2.71. The summed E-state index contributed by atoms with van der Waals surface area (Å²) in [5.74, 6) is 2.20. The molecule has 0 saturated heterocycles. The van der Waals surface area contributed by atoms with Crippen molar-refractivity contribution < 1.29 is 9.53 Å². The Morgan fingerprint density at radius 2 is 2.03 bits per heavy atom. The lowest BCUT2D eigenvalue weighted by atomic mass is 9.80. The first kappa shape index (κ1) is 20.6. The summed E-state index contributed by atoms with van der Waals surface area (Å²) < 4.78 is 6.83. The minimum absolute atomic E-state index is 0.00125. The molecule has 0 bridgehead atoms. The Balaban J connectivity index is 1.65. The standard InChI is InChI=1S/C21H31N7O2/c1-12-6-8-14(9-7-12)10-28-11-24-18-16(28)19(25-13(2)15-4-3-5-15)27-20(26-18)17(22)30-21(23)29/h11-15,22H,3-10H2,1-2H3,(H2,23,29)(H,25,26,27)/t12?,13-,14?/m1/s1. The summed E-state index contributed by atoms with van der Waals surface area (Å²) in [7, 11) is 0. The predicted octanol–water partition coefficient (Wildman–Crippen LogP) is 3.67. The second-order valence-corrected chi connectivity index (χ2v) is 8.97. The highest BCUT2D eigenvalue weighted by atomic mass is 16.6. The number of primary amides is 1. The van der Waals surface area contributed by atoms with Crippen LogP contribution in [0.3, 0.4) is 0 Å². The minimum atomic E-state index is -1.06. The number of imidazole rings is 1. The maximum atomic E-state index is 11.1. The molecule has 30 heavy (non-hydrogen) atoms. The van der Waals surface area contributed by atoms with Gasteiger partial charge in [-0.05, 0) is 50.4 Å². The van der Waals surface area contributed by atoms with Crippen LogP contribution in [0.2, 0.25) is 0 Å². The van der Waals surface area contributed by atoms with Gasteiger partial charge < -0.3 is 20.4 Å². The quantitative estimate of drug-likeness (QED) is 0.489. The molecule has 2 saturated carbocycles. The number of amides is 1. The number of aromatic nitrogens is 4. The van der Waals surface area contributed by atoms with E-state index in [9.17, 15) is 4.79 Å². The smallest absolute Gasteiger partial charge is 0.388 e. The molecule has 2 aromatic heterocycles. The van der Waals surface area contributed by atoms with Gasteiger partial charge in [0.15, 0.2) is 11.5 Å². The molecule has 9 heteroatoms. The number of rotatable bonds is 6. The van der Waals surface area contributed by atoms with Crippen molar-refractivity contribution in [2.45, 2.75) is 71.4 Å². The van der Waals surface area contributed by atoms with Crippen LogP contribution in [0.5, 0.6) is 0 Å². The SMILES string of the molecule is CC1CCC(Cn2cnc3nc(C(=N)OC(N)=O)nc(N[C@H](C)C4CCC4)c32)CC1. The zero-order valence-electron chi connectivity index (χ0n) is 17.7. The van der Waals surface area contributed by atoms with E-state index in [1.165, 1.54) is 44.9 Å². The number of ether oxygens (including phenoxy) is 1. The first-order valence-electron chi connectivity index (χ1n) is 11.0. The van der Waals surface area contributed by atoms with E-state index >= 15 is 0 Å². The lowest BCUT2D eigenvalue weighted by molar-refractivity contribution is 0.207. The third kappa shape index (κ3) is 4.39. The third-order valence-electron chi connectivity index (χ3n) is 6.69. The van der Waals surface area contributed by atoms with Crippen LogP contribution in [-0.2, 0) is 11.3 Å². The molecule has 1 atom stereocenters. The van der Waals surface area contributed by atoms with Crippen LogP contribution in [0.15, 0.2) is 6.33 Å². The molecule has 4 N–H and O–H groups in total. The average molecular weight is 414 g/mol. The van der Waals surface area contributed by atoms with Gasteiger partial charge in [-0.25, -0.2) is 19.7 Å². The van der Waals surface area contributed by atoms with Gasteiger partial charge in [-0.15, -0.1) is 0 Å². The van der Waals surface area contributed by atoms with Crippen LogP contribution in [-0.4, -0.2) is 37.6 Å². The highest BCUT2D eigenvalue weighted by molar-refractivity contribution is 5.97. The second kappa shape index (κ2) is 8.57. The summed E-state index contributed by atoms with van der Waals surface area (Å²) >= 11 is 0. The van der Waals surface area contributed by atoms with E-state index in [4.69, 9.17) is 15.9 Å². The molecular formula is C21H31N7O2. The first-order chi connectivity index (χ1) is 14.4. The van der Waals surface area contributed by atoms with Crippen LogP contribution >= 0.6 is 0 Å². The Morgan fingerprint density at radius 1 is 1.30 bits per heavy atom. The zero-order chi connectivity index (χ0) is 21.3. The van der Waals surface area contributed by atoms with Gasteiger partial charge in [0, 0.05) is 12.6 Å². The average Bonchev–Trinajstić information content (AvgIpc) is 3.04. The molecule has 0 spiro atoms. The van der Waals surface area contributed by atoms with Gasteiger partial charge in [0.1, 0.15) is 5.52 Å². The first-order valence-corrected chi connectivity index (χ1v) is 11.0. The van der Waals surface area contributed by atoms with E-state index in [1.807, 2.05) is 0 Å². The molecule has 0 aliphatic heterocycles. The number of anilines is 1. The highest BCUT2D eigenvalue weighted by Crippen LogP contribution is 2.33. The van der Waals surface area contributed by atoms with Crippen LogP contribution in [0.4, 0.5) is 10.6 Å². The van der Waals surface area contributed by atoms with E-state index in [0.717, 1.165) is 18.0 Å². The van der Waals surface area contributed by atoms with Gasteiger partial charge in [0.25, 0.3) is 5.90 Å². The minimum Gasteiger partial charge on any atom is -0.388 e. The highest BCUT2D eigenvalue weighted by Gasteiger charge is 2.27. The molecule has 2 fully saturated rings. The van der Waals surface area contributed by atoms with Crippen molar-refractivity contribution in [2.24, 2.45) is 23.5 Å². The van der Waals surface area contributed by atoms with Crippen molar-refractivity contribution in [3.63, 3.8) is 0 Å². The fourth-order valence-corrected chi connectivity index (χ4v) is 4.53. The molecule has 162 valence electrons. The van der Waals surface area contributed by atoms with Gasteiger partial charge in [-0.2, -0.15) is 0 Å². The van der Waals surface area contributed by atoms with Crippen LogP contribution in [0, 0.1) is 23.2 Å². The van der Waals surface area contributed by atoms with E-state index in [-0.39, 0.29) is 11.9 Å². The lowest BCUT2D eigenvalue weighted by Crippen LogP contribution is -2.31. The molecule has 4 rings (SSSR count). The van der Waals surface area contributed by atoms with Crippen molar-refractivity contribution in [3.05, 3.63) is 12.2 Å². The normalized spacial score (nSPS) is 23.0. The Kier molecular flexibility index (Phi) is 5.87. The number of nitrogens with two attached hydrogens (primary N) is 1. The van der Waals surface area contributed by atoms with Crippen molar-refractivity contribution in [2.75, 3.05) is 5.32 Å². The van der Waals surface area contributed by atoms with Gasteiger partial charge in [0.2, 0.25) is 5.82 Å². The summed E-state index contributed by atoms with van der Waals surface area (Å²) in [4.78, 5) is 24.4. The van der Waals surface area contributed by atoms with Crippen molar-refractivity contribution in [1.29, 1.82) is 5.41 Å². The maximum Gasteiger partial charge on any atom is 0.411 e. The molecule has 9 nitrogen and oxygen atoms in total. The summed E-state index contributed by atoms with van der Waals surface area (Å²) in [6.45, 7) is 5.37. The maximum absolute atomic E-state index is 11.1. The van der Waals surface area contributed by atoms with Crippen molar-refractivity contribution in [3.8, 4) is 0 Å². The zero-order valence-corrected chi connectivity index (χ0v) is 17.7. The molecule has 2 aromatic rings. The summed E-state index contributed by atoms with van der Waals surface area (Å²) in [5.41, 5.74) is 6.39. The molecule has 0 unspecified atom stereocenters. The van der Waals surface area contributed by atoms with Crippen molar-refractivity contribution >= 4 is 29.0 Å². The number of hydrogen-bond donors (Lipinski definition) is 3. The van der Waals surface area contributed by atoms with Gasteiger partial charge in [-0.1, -0.05) is 26.2 Å². The molecule has 2 aliphatic rings. The lowest BCUT2D eigenvalue weighted by Gasteiger charge is -2.32. The monoisotopic (exact) mass is 413 g/mol. The number of carbonyl (C=O) groups excluding carboxylic acids is 1. The summed E-state index contributed by atoms with van der Waals surface area (Å²) in [5, 5.41) is 11.5. The van der Waals surface area contributed by atoms with Crippen LogP contribution < -0.4 is 11.1 Å². The largest absolute Gasteiger partial charge is 0.411 e. The molecule has 1 amide bonds. The molecule has 2 heterocycles. The predicted molar refractivity (Wildman–Crippen MR) is 114 cm³/mol. The number of nitrogens with one attached hydrogen (secondary N) is 2. The van der Waals surface area contributed by atoms with E-state index in [1.54, 1.807) is 6.33 Å². The number of fused-ring (bicyclic) bond motifs is 1. The molecule has 0 aromatic carbocycles. The Labute approximate surface area is 176 Å². The van der Waals surface area contributed by atoms with Crippen molar-refractivity contribution in [1.82, 2.24) is 19.5 Å². The summed E-state index contributed by atoms with van der Waals surface area (Å²) in [6, 6.07) is 0.245. The Morgan fingerprint density at radius 3 is 2.67 bits per heavy atom. The van der Waals surface area contributed by atoms with Crippen LogP contribution in [0.25, 0.3) is 11.2 Å². The van der Waals surface area contributed by atoms with Gasteiger partial charge in [0.05, 0.1) is 6.33 Å². The van der Waals surface area contributed by atoms with Gasteiger partial charge >= 0.3 is 6.09 Å². The Bertz CT molecular complexity index is 929. The van der Waals surface area contributed by atoms with E-state index < -0.39 is 12.0 Å². The molecular weight excluding hydrogens is 382 g/mol. The topological polar surface area (TPSA) is 132 Å². The number of hydrogen-bond acceptors (Lipinski definition) is 7. The number of carbonyl (C=O) groups is 1. The van der Waals surface area contributed by atoms with Crippen LogP contribution in [0.1, 0.15) is 64.6 Å². The fraction of sp³-hybridized carbons (Fsp3) is 0.667. The van der Waals surface area contributed by atoms with E-state index in [0.29, 0.717) is 23.3 Å². The molecule has 2 aliphatic carbocycles. The molecule has 0 radical (unpaired) electrons. The second-order valence-electron chi connectivity index (χ2n) is 8.97. The van der Waals surface area contributed by atoms with Gasteiger partial charge in [-0.3, -0.25) is 5.41 Å². The third-order valence-corrected chi connectivity index (χ3v) is 6.69.